The molecule has 0 aliphatic rings. The lowest BCUT2D eigenvalue weighted by atomic mass is 10.0. The molecule has 0 radical (unpaired) electrons. The molecule has 0 heterocycles. The van der Waals surface area contributed by atoms with Gasteiger partial charge >= 0.3 is 0 Å². The fourth-order valence-corrected chi connectivity index (χ4v) is 2.25. The highest BCUT2D eigenvalue weighted by atomic mass is 35.5. The Balaban J connectivity index is 2.94. The van der Waals surface area contributed by atoms with E-state index in [1.54, 1.807) is 0 Å². The number of carbonyl (C=O) groups excluding carboxylic acids is 1. The summed E-state index contributed by atoms with van der Waals surface area (Å²) in [6.45, 7) is 3.81. The summed E-state index contributed by atoms with van der Waals surface area (Å²) in [5, 5.41) is 3.20. The topological polar surface area (TPSA) is 38.3 Å². The van der Waals surface area contributed by atoms with Gasteiger partial charge in [0.2, 0.25) is 5.91 Å². The molecular weight excluding hydrogens is 313 g/mol. The molecule has 0 bridgehead atoms. The molecule has 0 saturated carbocycles. The lowest BCUT2D eigenvalue weighted by molar-refractivity contribution is -0.119. The van der Waals surface area contributed by atoms with Crippen LogP contribution in [0.1, 0.15) is 32.3 Å². The first-order valence-electron chi connectivity index (χ1n) is 6.74. The molecule has 6 heteroatoms. The standard InChI is InChI=1S/C15H19ClFNO2S/c1-4-5-9(2)15(19)18-13-6-10(7-14(21)20-3)11(16)8-12(13)17/h6,8-9H,4-5,7H2,1-3H3,(H,18,19). The molecule has 0 spiro atoms. The molecule has 1 amide bonds. The Morgan fingerprint density at radius 2 is 2.19 bits per heavy atom. The molecule has 1 aromatic rings. The number of thiocarbonyl (C=S) groups is 1. The van der Waals surface area contributed by atoms with E-state index >= 15 is 0 Å². The fraction of sp³-hybridized carbons (Fsp3) is 0.467. The quantitative estimate of drug-likeness (QED) is 0.787. The van der Waals surface area contributed by atoms with Crippen LogP contribution in [-0.4, -0.2) is 18.1 Å². The normalized spacial score (nSPS) is 11.9. The Hall–Kier alpha value is -1.20. The second kappa shape index (κ2) is 8.29. The van der Waals surface area contributed by atoms with E-state index < -0.39 is 5.82 Å². The maximum absolute atomic E-state index is 13.9. The zero-order chi connectivity index (χ0) is 16.0. The fourth-order valence-electron chi connectivity index (χ4n) is 1.87. The summed E-state index contributed by atoms with van der Waals surface area (Å²) in [5.41, 5.74) is 0.726. The highest BCUT2D eigenvalue weighted by molar-refractivity contribution is 7.80. The van der Waals surface area contributed by atoms with Gasteiger partial charge in [0.1, 0.15) is 5.82 Å². The van der Waals surface area contributed by atoms with Gasteiger partial charge < -0.3 is 10.1 Å². The third-order valence-corrected chi connectivity index (χ3v) is 3.79. The molecule has 1 rings (SSSR count). The van der Waals surface area contributed by atoms with Crippen LogP contribution in [0, 0.1) is 11.7 Å². The molecule has 1 atom stereocenters. The lowest BCUT2D eigenvalue weighted by Gasteiger charge is -2.14. The number of carbonyl (C=O) groups is 1. The van der Waals surface area contributed by atoms with Gasteiger partial charge in [0.15, 0.2) is 5.05 Å². The summed E-state index contributed by atoms with van der Waals surface area (Å²) in [7, 11) is 1.47. The monoisotopic (exact) mass is 331 g/mol. The zero-order valence-corrected chi connectivity index (χ0v) is 13.9. The van der Waals surface area contributed by atoms with Gasteiger partial charge in [-0.15, -0.1) is 0 Å². The number of ether oxygens (including phenoxy) is 1. The second-order valence-electron chi connectivity index (χ2n) is 4.86. The predicted octanol–water partition coefficient (Wildman–Crippen LogP) is 4.37. The van der Waals surface area contributed by atoms with Crippen LogP contribution in [0.25, 0.3) is 0 Å². The number of rotatable bonds is 6. The third kappa shape index (κ3) is 5.25. The number of hydrogen-bond acceptors (Lipinski definition) is 3. The van der Waals surface area contributed by atoms with Crippen molar-refractivity contribution in [3.8, 4) is 0 Å². The highest BCUT2D eigenvalue weighted by Gasteiger charge is 2.16. The molecule has 116 valence electrons. The minimum Gasteiger partial charge on any atom is -0.490 e. The molecule has 0 aliphatic heterocycles. The first-order valence-corrected chi connectivity index (χ1v) is 7.53. The number of amides is 1. The van der Waals surface area contributed by atoms with Crippen molar-refractivity contribution in [2.45, 2.75) is 33.1 Å². The lowest BCUT2D eigenvalue weighted by Crippen LogP contribution is -2.21. The molecular formula is C15H19ClFNO2S. The van der Waals surface area contributed by atoms with E-state index in [4.69, 9.17) is 28.6 Å². The second-order valence-corrected chi connectivity index (χ2v) is 5.72. The Bertz CT molecular complexity index is 537. The minimum absolute atomic E-state index is 0.112. The Morgan fingerprint density at radius 3 is 2.76 bits per heavy atom. The summed E-state index contributed by atoms with van der Waals surface area (Å²) >= 11 is 11.0. The van der Waals surface area contributed by atoms with Gasteiger partial charge in [0.05, 0.1) is 12.8 Å². The highest BCUT2D eigenvalue weighted by Crippen LogP contribution is 2.26. The summed E-state index contributed by atoms with van der Waals surface area (Å²) in [6, 6.07) is 2.68. The van der Waals surface area contributed by atoms with Crippen molar-refractivity contribution in [2.24, 2.45) is 5.92 Å². The van der Waals surface area contributed by atoms with E-state index in [1.807, 2.05) is 13.8 Å². The van der Waals surface area contributed by atoms with Crippen molar-refractivity contribution in [3.05, 3.63) is 28.5 Å². The van der Waals surface area contributed by atoms with Crippen molar-refractivity contribution in [3.63, 3.8) is 0 Å². The van der Waals surface area contributed by atoms with Crippen molar-refractivity contribution in [1.82, 2.24) is 0 Å². The maximum Gasteiger partial charge on any atom is 0.227 e. The van der Waals surface area contributed by atoms with Crippen LogP contribution in [-0.2, 0) is 16.0 Å². The van der Waals surface area contributed by atoms with E-state index in [0.29, 0.717) is 17.0 Å². The van der Waals surface area contributed by atoms with Crippen molar-refractivity contribution < 1.29 is 13.9 Å². The van der Waals surface area contributed by atoms with E-state index in [-0.39, 0.29) is 22.5 Å². The van der Waals surface area contributed by atoms with Crippen LogP contribution in [0.5, 0.6) is 0 Å². The van der Waals surface area contributed by atoms with Crippen LogP contribution in [0.2, 0.25) is 5.02 Å². The van der Waals surface area contributed by atoms with Gasteiger partial charge in [-0.05, 0) is 36.3 Å². The Morgan fingerprint density at radius 1 is 1.52 bits per heavy atom. The average molecular weight is 332 g/mol. The van der Waals surface area contributed by atoms with E-state index in [0.717, 1.165) is 12.8 Å². The number of nitrogens with one attached hydrogen (secondary N) is 1. The van der Waals surface area contributed by atoms with Crippen LogP contribution in [0.15, 0.2) is 12.1 Å². The first-order chi connectivity index (χ1) is 9.88. The number of methoxy groups -OCH3 is 1. The van der Waals surface area contributed by atoms with Gasteiger partial charge in [0, 0.05) is 17.4 Å². The zero-order valence-electron chi connectivity index (χ0n) is 12.3. The third-order valence-electron chi connectivity index (χ3n) is 3.13. The predicted molar refractivity (Wildman–Crippen MR) is 87.4 cm³/mol. The summed E-state index contributed by atoms with van der Waals surface area (Å²) in [4.78, 5) is 12.0. The van der Waals surface area contributed by atoms with Crippen LogP contribution in [0.4, 0.5) is 10.1 Å². The van der Waals surface area contributed by atoms with Crippen LogP contribution in [0.3, 0.4) is 0 Å². The van der Waals surface area contributed by atoms with Gasteiger partial charge in [-0.25, -0.2) is 4.39 Å². The summed E-state index contributed by atoms with van der Waals surface area (Å²) in [5.74, 6) is -0.948. The first kappa shape index (κ1) is 17.9. The molecule has 0 fully saturated rings. The molecule has 0 aromatic heterocycles. The molecule has 1 aromatic carbocycles. The van der Waals surface area contributed by atoms with E-state index in [9.17, 15) is 9.18 Å². The van der Waals surface area contributed by atoms with Crippen LogP contribution < -0.4 is 5.32 Å². The molecule has 0 saturated heterocycles. The van der Waals surface area contributed by atoms with Gasteiger partial charge in [-0.2, -0.15) is 0 Å². The minimum atomic E-state index is -0.566. The van der Waals surface area contributed by atoms with Crippen LogP contribution >= 0.6 is 23.8 Å². The SMILES string of the molecule is CCCC(C)C(=O)Nc1cc(CC(=S)OC)c(Cl)cc1F. The average Bonchev–Trinajstić information content (AvgIpc) is 2.43. The largest absolute Gasteiger partial charge is 0.490 e. The Labute approximate surface area is 134 Å². The van der Waals surface area contributed by atoms with Gasteiger partial charge in [0.25, 0.3) is 0 Å². The smallest absolute Gasteiger partial charge is 0.227 e. The number of benzene rings is 1. The van der Waals surface area contributed by atoms with Gasteiger partial charge in [-0.1, -0.05) is 31.9 Å². The Kier molecular flexibility index (Phi) is 7.05. The number of halogens is 2. The van der Waals surface area contributed by atoms with Crippen molar-refractivity contribution in [1.29, 1.82) is 0 Å². The van der Waals surface area contributed by atoms with E-state index in [1.165, 1.54) is 19.2 Å². The molecule has 1 N–H and O–H groups in total. The molecule has 3 nitrogen and oxygen atoms in total. The molecule has 1 unspecified atom stereocenters. The van der Waals surface area contributed by atoms with E-state index in [2.05, 4.69) is 5.32 Å². The molecule has 21 heavy (non-hydrogen) atoms. The summed E-state index contributed by atoms with van der Waals surface area (Å²) in [6.07, 6.45) is 1.94. The summed E-state index contributed by atoms with van der Waals surface area (Å²) < 4.78 is 18.8. The van der Waals surface area contributed by atoms with Gasteiger partial charge in [-0.3, -0.25) is 4.79 Å². The number of anilines is 1. The number of hydrogen-bond donors (Lipinski definition) is 1. The van der Waals surface area contributed by atoms with Crippen molar-refractivity contribution in [2.75, 3.05) is 12.4 Å². The maximum atomic E-state index is 13.9. The van der Waals surface area contributed by atoms with Crippen molar-refractivity contribution >= 4 is 40.5 Å². The molecule has 0 aliphatic carbocycles.